The third-order valence-electron chi connectivity index (χ3n) is 4.35. The van der Waals surface area contributed by atoms with Gasteiger partial charge in [0.2, 0.25) is 0 Å². The molecule has 1 aliphatic rings. The van der Waals surface area contributed by atoms with Gasteiger partial charge in [-0.05, 0) is 23.6 Å². The zero-order valence-electron chi connectivity index (χ0n) is 12.3. The molecule has 0 atom stereocenters. The van der Waals surface area contributed by atoms with Gasteiger partial charge in [-0.15, -0.1) is 0 Å². The Balaban J connectivity index is 1.89. The first-order valence-electron chi connectivity index (χ1n) is 7.34. The summed E-state index contributed by atoms with van der Waals surface area (Å²) in [6, 6.07) is 16.3. The highest BCUT2D eigenvalue weighted by Gasteiger charge is 2.24. The maximum absolute atomic E-state index is 11.3. The van der Waals surface area contributed by atoms with Crippen molar-refractivity contribution < 1.29 is 13.0 Å². The highest BCUT2D eigenvalue weighted by molar-refractivity contribution is 7.85. The van der Waals surface area contributed by atoms with E-state index in [-0.39, 0.29) is 4.90 Å². The van der Waals surface area contributed by atoms with Crippen molar-refractivity contribution in [3.63, 3.8) is 0 Å². The Bertz CT molecular complexity index is 1280. The van der Waals surface area contributed by atoms with E-state index in [0.29, 0.717) is 11.0 Å². The fourth-order valence-electron chi connectivity index (χ4n) is 3.31. The van der Waals surface area contributed by atoms with Crippen LogP contribution < -0.4 is 0 Å². The summed E-state index contributed by atoms with van der Waals surface area (Å²) in [4.78, 5) is 9.13. The summed E-state index contributed by atoms with van der Waals surface area (Å²) >= 11 is 0. The molecule has 0 saturated heterocycles. The molecule has 1 N–H and O–H groups in total. The third kappa shape index (κ3) is 1.75. The summed E-state index contributed by atoms with van der Waals surface area (Å²) < 4.78 is 31.9. The van der Waals surface area contributed by atoms with Crippen molar-refractivity contribution in [2.24, 2.45) is 0 Å². The maximum atomic E-state index is 11.3. The van der Waals surface area contributed by atoms with Crippen LogP contribution in [0, 0.1) is 0 Å². The van der Waals surface area contributed by atoms with E-state index in [9.17, 15) is 13.0 Å². The van der Waals surface area contributed by atoms with Crippen molar-refractivity contribution in [3.05, 3.63) is 54.6 Å². The van der Waals surface area contributed by atoms with Crippen LogP contribution in [0.3, 0.4) is 0 Å². The molecule has 0 amide bonds. The first-order valence-corrected chi connectivity index (χ1v) is 8.78. The molecule has 5 nitrogen and oxygen atoms in total. The standard InChI is InChI=1S/C18H10N2O3S/c21-24(22,23)11-7-8-14-15(9-11)20-18-13-6-2-4-10-3-1-5-12(16(10)13)17(18)19-14/h1-9H,(H,21,22,23). The Morgan fingerprint density at radius 3 is 2.04 bits per heavy atom. The quantitative estimate of drug-likeness (QED) is 0.473. The molecule has 0 aliphatic heterocycles. The molecule has 1 aromatic heterocycles. The van der Waals surface area contributed by atoms with Crippen LogP contribution in [0.25, 0.3) is 44.3 Å². The first kappa shape index (κ1) is 13.6. The first-order chi connectivity index (χ1) is 11.5. The summed E-state index contributed by atoms with van der Waals surface area (Å²) in [7, 11) is -4.27. The van der Waals surface area contributed by atoms with Crippen molar-refractivity contribution in [1.82, 2.24) is 9.97 Å². The van der Waals surface area contributed by atoms with Crippen LogP contribution in [-0.4, -0.2) is 22.9 Å². The predicted octanol–water partition coefficient (Wildman–Crippen LogP) is 3.68. The molecule has 0 unspecified atom stereocenters. The SMILES string of the molecule is O=S(=O)(O)c1ccc2nc3c(nc2c1)-c1cccc2cccc-3c12. The van der Waals surface area contributed by atoms with Crippen LogP contribution in [0.1, 0.15) is 0 Å². The van der Waals surface area contributed by atoms with Crippen molar-refractivity contribution in [1.29, 1.82) is 0 Å². The molecule has 0 spiro atoms. The van der Waals surface area contributed by atoms with Crippen LogP contribution in [0.2, 0.25) is 0 Å². The van der Waals surface area contributed by atoms with Gasteiger partial charge in [0.25, 0.3) is 10.1 Å². The molecule has 0 radical (unpaired) electrons. The third-order valence-corrected chi connectivity index (χ3v) is 5.20. The molecule has 0 bridgehead atoms. The molecule has 116 valence electrons. The lowest BCUT2D eigenvalue weighted by Gasteiger charge is -2.05. The second-order valence-electron chi connectivity index (χ2n) is 5.76. The van der Waals surface area contributed by atoms with Crippen molar-refractivity contribution in [3.8, 4) is 22.5 Å². The lowest BCUT2D eigenvalue weighted by molar-refractivity contribution is 0.483. The Morgan fingerprint density at radius 1 is 0.792 bits per heavy atom. The molecule has 1 aliphatic carbocycles. The molecule has 6 heteroatoms. The summed E-state index contributed by atoms with van der Waals surface area (Å²) in [6.07, 6.45) is 0. The number of rotatable bonds is 1. The minimum atomic E-state index is -4.27. The number of benzene rings is 3. The highest BCUT2D eigenvalue weighted by atomic mass is 32.2. The van der Waals surface area contributed by atoms with Gasteiger partial charge in [0, 0.05) is 16.5 Å². The molecule has 0 fully saturated rings. The van der Waals surface area contributed by atoms with E-state index in [0.717, 1.165) is 33.3 Å². The minimum absolute atomic E-state index is 0.182. The predicted molar refractivity (Wildman–Crippen MR) is 91.3 cm³/mol. The Labute approximate surface area is 137 Å². The van der Waals surface area contributed by atoms with Gasteiger partial charge in [0.15, 0.2) is 0 Å². The van der Waals surface area contributed by atoms with Crippen LogP contribution >= 0.6 is 0 Å². The van der Waals surface area contributed by atoms with Gasteiger partial charge in [0.1, 0.15) is 0 Å². The summed E-state index contributed by atoms with van der Waals surface area (Å²) in [6.45, 7) is 0. The number of fused-ring (bicyclic) bond motifs is 4. The number of aromatic nitrogens is 2. The number of hydrogen-bond donors (Lipinski definition) is 1. The largest absolute Gasteiger partial charge is 0.294 e. The van der Waals surface area contributed by atoms with Gasteiger partial charge < -0.3 is 0 Å². The second kappa shape index (κ2) is 4.37. The Morgan fingerprint density at radius 2 is 1.42 bits per heavy atom. The van der Waals surface area contributed by atoms with E-state index in [2.05, 4.69) is 9.97 Å². The Hall–Kier alpha value is -2.83. The topological polar surface area (TPSA) is 80.2 Å². The molecular formula is C18H10N2O3S. The zero-order valence-corrected chi connectivity index (χ0v) is 13.1. The van der Waals surface area contributed by atoms with Gasteiger partial charge in [0.05, 0.1) is 27.3 Å². The normalized spacial score (nSPS) is 12.7. The average molecular weight is 334 g/mol. The monoisotopic (exact) mass is 334 g/mol. The van der Waals surface area contributed by atoms with Gasteiger partial charge >= 0.3 is 0 Å². The lowest BCUT2D eigenvalue weighted by atomic mass is 10.0. The van der Waals surface area contributed by atoms with Gasteiger partial charge in [-0.25, -0.2) is 9.97 Å². The molecular weight excluding hydrogens is 324 g/mol. The van der Waals surface area contributed by atoms with Gasteiger partial charge in [-0.1, -0.05) is 36.4 Å². The molecule has 24 heavy (non-hydrogen) atoms. The molecule has 0 saturated carbocycles. The van der Waals surface area contributed by atoms with Crippen LogP contribution in [0.4, 0.5) is 0 Å². The number of nitrogens with zero attached hydrogens (tertiary/aromatic N) is 2. The van der Waals surface area contributed by atoms with Crippen LogP contribution in [-0.2, 0) is 10.1 Å². The van der Waals surface area contributed by atoms with Crippen molar-refractivity contribution in [2.45, 2.75) is 4.90 Å². The zero-order chi connectivity index (χ0) is 16.5. The molecule has 5 rings (SSSR count). The second-order valence-corrected chi connectivity index (χ2v) is 7.18. The lowest BCUT2D eigenvalue weighted by Crippen LogP contribution is -1.99. The van der Waals surface area contributed by atoms with E-state index < -0.39 is 10.1 Å². The fraction of sp³-hybridized carbons (Fsp3) is 0. The minimum Gasteiger partial charge on any atom is -0.282 e. The van der Waals surface area contributed by atoms with Crippen LogP contribution in [0.15, 0.2) is 59.5 Å². The molecule has 4 aromatic rings. The van der Waals surface area contributed by atoms with Gasteiger partial charge in [-0.3, -0.25) is 4.55 Å². The Kier molecular flexibility index (Phi) is 2.48. The smallest absolute Gasteiger partial charge is 0.282 e. The summed E-state index contributed by atoms with van der Waals surface area (Å²) in [5, 5.41) is 2.23. The van der Waals surface area contributed by atoms with Crippen LogP contribution in [0.5, 0.6) is 0 Å². The fourth-order valence-corrected chi connectivity index (χ4v) is 3.81. The highest BCUT2D eigenvalue weighted by Crippen LogP contribution is 2.45. The molecule has 1 heterocycles. The van der Waals surface area contributed by atoms with Crippen molar-refractivity contribution in [2.75, 3.05) is 0 Å². The molecule has 3 aromatic carbocycles. The van der Waals surface area contributed by atoms with E-state index in [1.807, 2.05) is 36.4 Å². The van der Waals surface area contributed by atoms with Crippen molar-refractivity contribution >= 4 is 31.9 Å². The van der Waals surface area contributed by atoms with Gasteiger partial charge in [-0.2, -0.15) is 8.42 Å². The summed E-state index contributed by atoms with van der Waals surface area (Å²) in [5.41, 5.74) is 4.59. The van der Waals surface area contributed by atoms with E-state index in [1.54, 1.807) is 6.07 Å². The van der Waals surface area contributed by atoms with E-state index in [1.165, 1.54) is 12.1 Å². The summed E-state index contributed by atoms with van der Waals surface area (Å²) in [5.74, 6) is 0. The maximum Gasteiger partial charge on any atom is 0.294 e. The average Bonchev–Trinajstić information content (AvgIpc) is 2.88. The van der Waals surface area contributed by atoms with E-state index >= 15 is 0 Å². The van der Waals surface area contributed by atoms with E-state index in [4.69, 9.17) is 0 Å². The number of hydrogen-bond acceptors (Lipinski definition) is 4.